The summed E-state index contributed by atoms with van der Waals surface area (Å²) in [6, 6.07) is 17.0. The van der Waals surface area contributed by atoms with Crippen LogP contribution in [0.2, 0.25) is 0 Å². The van der Waals surface area contributed by atoms with Gasteiger partial charge in [0.1, 0.15) is 17.5 Å². The quantitative estimate of drug-likeness (QED) is 0.759. The SMILES string of the molecule is COc1ccc(OC)c(NC(=O)C(C)N2CCN(C(C#N)c3ccccc3)CC2)c1. The fourth-order valence-corrected chi connectivity index (χ4v) is 3.70. The Bertz CT molecular complexity index is 889. The minimum absolute atomic E-state index is 0.102. The molecule has 158 valence electrons. The average molecular weight is 409 g/mol. The first-order valence-corrected chi connectivity index (χ1v) is 10.0. The number of piperazine rings is 1. The summed E-state index contributed by atoms with van der Waals surface area (Å²) in [4.78, 5) is 17.2. The van der Waals surface area contributed by atoms with E-state index in [0.29, 0.717) is 17.2 Å². The van der Waals surface area contributed by atoms with Crippen LogP contribution < -0.4 is 14.8 Å². The highest BCUT2D eigenvalue weighted by atomic mass is 16.5. The number of ether oxygens (including phenoxy) is 2. The molecule has 0 aliphatic carbocycles. The maximum Gasteiger partial charge on any atom is 0.241 e. The van der Waals surface area contributed by atoms with Gasteiger partial charge in [0.15, 0.2) is 0 Å². The van der Waals surface area contributed by atoms with Crippen LogP contribution in [0.25, 0.3) is 0 Å². The number of nitrogens with zero attached hydrogens (tertiary/aromatic N) is 3. The molecule has 1 aliphatic heterocycles. The Labute approximate surface area is 177 Å². The molecule has 2 unspecified atom stereocenters. The van der Waals surface area contributed by atoms with Gasteiger partial charge < -0.3 is 14.8 Å². The van der Waals surface area contributed by atoms with Gasteiger partial charge in [0.2, 0.25) is 5.91 Å². The van der Waals surface area contributed by atoms with Crippen LogP contribution in [0.5, 0.6) is 11.5 Å². The Morgan fingerprint density at radius 1 is 1.03 bits per heavy atom. The predicted octanol–water partition coefficient (Wildman–Crippen LogP) is 2.91. The zero-order valence-corrected chi connectivity index (χ0v) is 17.7. The number of rotatable bonds is 7. The standard InChI is InChI=1S/C23H28N4O3/c1-17(23(28)25-20-15-19(29-2)9-10-22(20)30-3)26-11-13-27(14-12-26)21(16-24)18-7-5-4-6-8-18/h4-10,15,17,21H,11-14H2,1-3H3,(H,25,28). The molecule has 1 heterocycles. The molecule has 0 saturated carbocycles. The number of nitriles is 1. The molecule has 0 spiro atoms. The van der Waals surface area contributed by atoms with E-state index in [2.05, 4.69) is 21.2 Å². The van der Waals surface area contributed by atoms with Crippen molar-refractivity contribution in [2.45, 2.75) is 19.0 Å². The van der Waals surface area contributed by atoms with E-state index in [9.17, 15) is 10.1 Å². The van der Waals surface area contributed by atoms with Gasteiger partial charge in [-0.2, -0.15) is 5.26 Å². The van der Waals surface area contributed by atoms with Crippen molar-refractivity contribution in [2.24, 2.45) is 0 Å². The number of hydrogen-bond donors (Lipinski definition) is 1. The molecular weight excluding hydrogens is 380 g/mol. The molecule has 2 aromatic carbocycles. The van der Waals surface area contributed by atoms with Gasteiger partial charge in [-0.05, 0) is 24.6 Å². The number of carbonyl (C=O) groups is 1. The fourth-order valence-electron chi connectivity index (χ4n) is 3.70. The van der Waals surface area contributed by atoms with Crippen LogP contribution in [0.1, 0.15) is 18.5 Å². The summed E-state index contributed by atoms with van der Waals surface area (Å²) in [5.74, 6) is 1.13. The van der Waals surface area contributed by atoms with E-state index >= 15 is 0 Å². The van der Waals surface area contributed by atoms with Crippen LogP contribution in [0, 0.1) is 11.3 Å². The molecule has 7 nitrogen and oxygen atoms in total. The number of hydrogen-bond acceptors (Lipinski definition) is 6. The Balaban J connectivity index is 1.60. The van der Waals surface area contributed by atoms with Crippen LogP contribution >= 0.6 is 0 Å². The normalized spacial score (nSPS) is 16.9. The Kier molecular flexibility index (Phi) is 7.28. The first-order valence-electron chi connectivity index (χ1n) is 10.0. The third-order valence-electron chi connectivity index (χ3n) is 5.54. The molecule has 1 N–H and O–H groups in total. The van der Waals surface area contributed by atoms with E-state index in [1.807, 2.05) is 37.3 Å². The minimum Gasteiger partial charge on any atom is -0.497 e. The van der Waals surface area contributed by atoms with Crippen LogP contribution in [0.4, 0.5) is 5.69 Å². The molecule has 3 rings (SSSR count). The summed E-state index contributed by atoms with van der Waals surface area (Å²) in [5, 5.41) is 12.6. The molecule has 0 aromatic heterocycles. The van der Waals surface area contributed by atoms with Crippen molar-refractivity contribution < 1.29 is 14.3 Å². The predicted molar refractivity (Wildman–Crippen MR) is 116 cm³/mol. The van der Waals surface area contributed by atoms with Crippen molar-refractivity contribution in [3.05, 3.63) is 54.1 Å². The van der Waals surface area contributed by atoms with Crippen molar-refractivity contribution >= 4 is 11.6 Å². The second-order valence-corrected chi connectivity index (χ2v) is 7.25. The largest absolute Gasteiger partial charge is 0.497 e. The van der Waals surface area contributed by atoms with Gasteiger partial charge in [0.25, 0.3) is 0 Å². The maximum absolute atomic E-state index is 12.9. The highest BCUT2D eigenvalue weighted by molar-refractivity contribution is 5.96. The fraction of sp³-hybridized carbons (Fsp3) is 0.391. The smallest absolute Gasteiger partial charge is 0.241 e. The van der Waals surface area contributed by atoms with Crippen LogP contribution in [-0.4, -0.2) is 62.1 Å². The van der Waals surface area contributed by atoms with E-state index in [1.165, 1.54) is 0 Å². The maximum atomic E-state index is 12.9. The van der Waals surface area contributed by atoms with E-state index in [1.54, 1.807) is 32.4 Å². The van der Waals surface area contributed by atoms with E-state index < -0.39 is 0 Å². The Hall–Kier alpha value is -3.08. The highest BCUT2D eigenvalue weighted by Gasteiger charge is 2.29. The lowest BCUT2D eigenvalue weighted by Crippen LogP contribution is -2.53. The third kappa shape index (κ3) is 4.90. The van der Waals surface area contributed by atoms with Gasteiger partial charge in [-0.1, -0.05) is 30.3 Å². The van der Waals surface area contributed by atoms with Crippen molar-refractivity contribution in [1.29, 1.82) is 5.26 Å². The number of methoxy groups -OCH3 is 2. The van der Waals surface area contributed by atoms with Gasteiger partial charge >= 0.3 is 0 Å². The number of nitrogens with one attached hydrogen (secondary N) is 1. The van der Waals surface area contributed by atoms with E-state index in [0.717, 1.165) is 31.7 Å². The molecule has 2 aromatic rings. The summed E-state index contributed by atoms with van der Waals surface area (Å²) in [5.41, 5.74) is 1.59. The molecule has 1 aliphatic rings. The summed E-state index contributed by atoms with van der Waals surface area (Å²) >= 11 is 0. The molecular formula is C23H28N4O3. The number of anilines is 1. The second kappa shape index (κ2) is 10.1. The molecule has 2 atom stereocenters. The number of amides is 1. The molecule has 1 fully saturated rings. The monoisotopic (exact) mass is 408 g/mol. The van der Waals surface area contributed by atoms with Gasteiger partial charge in [-0.15, -0.1) is 0 Å². The summed E-state index contributed by atoms with van der Waals surface area (Å²) < 4.78 is 10.6. The lowest BCUT2D eigenvalue weighted by Gasteiger charge is -2.39. The Morgan fingerprint density at radius 2 is 1.70 bits per heavy atom. The van der Waals surface area contributed by atoms with Crippen molar-refractivity contribution in [3.63, 3.8) is 0 Å². The summed E-state index contributed by atoms with van der Waals surface area (Å²) in [6.45, 7) is 4.79. The number of benzene rings is 2. The topological polar surface area (TPSA) is 77.8 Å². The van der Waals surface area contributed by atoms with Gasteiger partial charge in [-0.25, -0.2) is 0 Å². The molecule has 1 saturated heterocycles. The van der Waals surface area contributed by atoms with Gasteiger partial charge in [0, 0.05) is 32.2 Å². The molecule has 1 amide bonds. The molecule has 0 bridgehead atoms. The van der Waals surface area contributed by atoms with E-state index in [4.69, 9.17) is 9.47 Å². The minimum atomic E-state index is -0.305. The van der Waals surface area contributed by atoms with Crippen molar-refractivity contribution in [2.75, 3.05) is 45.7 Å². The van der Waals surface area contributed by atoms with Crippen LogP contribution in [0.15, 0.2) is 48.5 Å². The molecule has 0 radical (unpaired) electrons. The van der Waals surface area contributed by atoms with Crippen LogP contribution in [0.3, 0.4) is 0 Å². The average Bonchev–Trinajstić information content (AvgIpc) is 2.80. The first kappa shape index (κ1) is 21.6. The zero-order valence-electron chi connectivity index (χ0n) is 17.7. The highest BCUT2D eigenvalue weighted by Crippen LogP contribution is 2.29. The lowest BCUT2D eigenvalue weighted by atomic mass is 10.1. The van der Waals surface area contributed by atoms with Gasteiger partial charge in [-0.3, -0.25) is 14.6 Å². The van der Waals surface area contributed by atoms with Crippen LogP contribution in [-0.2, 0) is 4.79 Å². The summed E-state index contributed by atoms with van der Waals surface area (Å²) in [7, 11) is 3.15. The van der Waals surface area contributed by atoms with Crippen molar-refractivity contribution in [1.82, 2.24) is 9.80 Å². The number of carbonyl (C=O) groups excluding carboxylic acids is 1. The lowest BCUT2D eigenvalue weighted by molar-refractivity contribution is -0.121. The van der Waals surface area contributed by atoms with Gasteiger partial charge in [0.05, 0.1) is 32.0 Å². The summed E-state index contributed by atoms with van der Waals surface area (Å²) in [6.07, 6.45) is 0. The molecule has 30 heavy (non-hydrogen) atoms. The van der Waals surface area contributed by atoms with Crippen molar-refractivity contribution in [3.8, 4) is 17.6 Å². The molecule has 7 heteroatoms. The zero-order chi connectivity index (χ0) is 21.5. The third-order valence-corrected chi connectivity index (χ3v) is 5.54. The Morgan fingerprint density at radius 3 is 2.30 bits per heavy atom. The first-order chi connectivity index (χ1) is 14.6. The second-order valence-electron chi connectivity index (χ2n) is 7.25. The van der Waals surface area contributed by atoms with E-state index in [-0.39, 0.29) is 18.0 Å².